The van der Waals surface area contributed by atoms with Gasteiger partial charge in [-0.15, -0.1) is 0 Å². The summed E-state index contributed by atoms with van der Waals surface area (Å²) in [5.74, 6) is -9.38. The Labute approximate surface area is 476 Å². The SMILES string of the molecule is COCCOCCS(=O)(=O)NC1C[C@H]2CC[C@H](C)[C@](O)(O2)C(=O)C(=O)N2CCCCC2C(=O)OC([C@H](C)C[C@@H]2CC[C@@H](OCCCS(C)(=O)=O)[C@H](OC)C2)CC(=O)C(C)/C=C(/C)C(O)C(OC)C(=O)C(C)CC\C=C/C=C\C=C/1C. The second-order valence-electron chi connectivity index (χ2n) is 22.7. The van der Waals surface area contributed by atoms with E-state index in [9.17, 15) is 51.0 Å². The molecule has 14 atom stereocenters. The van der Waals surface area contributed by atoms with E-state index in [0.717, 1.165) is 4.90 Å². The van der Waals surface area contributed by atoms with E-state index in [1.165, 1.54) is 20.5 Å². The fourth-order valence-electron chi connectivity index (χ4n) is 11.1. The summed E-state index contributed by atoms with van der Waals surface area (Å²) in [6.07, 6.45) is 11.7. The number of aliphatic hydroxyl groups is 2. The summed E-state index contributed by atoms with van der Waals surface area (Å²) in [6.45, 7) is 10.9. The summed E-state index contributed by atoms with van der Waals surface area (Å²) in [4.78, 5) is 72.9. The van der Waals surface area contributed by atoms with Crippen LogP contribution < -0.4 is 4.72 Å². The van der Waals surface area contributed by atoms with Crippen molar-refractivity contribution in [1.29, 1.82) is 0 Å². The zero-order chi connectivity index (χ0) is 59.4. The van der Waals surface area contributed by atoms with Crippen LogP contribution in [0.2, 0.25) is 0 Å². The van der Waals surface area contributed by atoms with Gasteiger partial charge in [-0.3, -0.25) is 19.2 Å². The van der Waals surface area contributed by atoms with E-state index >= 15 is 0 Å². The van der Waals surface area contributed by atoms with E-state index in [2.05, 4.69) is 4.72 Å². The van der Waals surface area contributed by atoms with Crippen LogP contribution in [0.5, 0.6) is 0 Å². The van der Waals surface area contributed by atoms with Crippen LogP contribution >= 0.6 is 0 Å². The van der Waals surface area contributed by atoms with Crippen LogP contribution in [0.3, 0.4) is 0 Å². The smallest absolute Gasteiger partial charge is 0.329 e. The molecule has 3 fully saturated rings. The summed E-state index contributed by atoms with van der Waals surface area (Å²) < 4.78 is 93.7. The normalized spacial score (nSPS) is 34.5. The van der Waals surface area contributed by atoms with E-state index in [4.69, 9.17) is 33.2 Å². The number of sulfone groups is 1. The largest absolute Gasteiger partial charge is 0.460 e. The number of hydrogen-bond acceptors (Lipinski definition) is 18. The number of Topliss-reactive ketones (excluding diaryl/α,β-unsaturated/α-hetero) is 3. The van der Waals surface area contributed by atoms with Gasteiger partial charge >= 0.3 is 5.97 Å². The summed E-state index contributed by atoms with van der Waals surface area (Å²) in [7, 11) is -2.66. The molecular weight excluding hydrogens is 1080 g/mol. The highest BCUT2D eigenvalue weighted by Crippen LogP contribution is 2.38. The van der Waals surface area contributed by atoms with Gasteiger partial charge in [0.2, 0.25) is 15.8 Å². The highest BCUT2D eigenvalue weighted by molar-refractivity contribution is 7.90. The second-order valence-corrected chi connectivity index (χ2v) is 26.8. The highest BCUT2D eigenvalue weighted by atomic mass is 32.2. The highest BCUT2D eigenvalue weighted by Gasteiger charge is 2.53. The number of aliphatic hydroxyl groups excluding tert-OH is 1. The number of amides is 1. The minimum atomic E-state index is -3.96. The Balaban J connectivity index is 1.70. The Hall–Kier alpha value is -3.55. The van der Waals surface area contributed by atoms with Crippen molar-refractivity contribution in [1.82, 2.24) is 9.62 Å². The molecule has 0 aromatic carbocycles. The van der Waals surface area contributed by atoms with Crippen LogP contribution in [-0.4, -0.2) is 188 Å². The van der Waals surface area contributed by atoms with E-state index in [1.54, 1.807) is 72.1 Å². The lowest BCUT2D eigenvalue weighted by molar-refractivity contribution is -0.264. The number of allylic oxidation sites excluding steroid dienone is 6. The molecule has 456 valence electrons. The van der Waals surface area contributed by atoms with E-state index in [0.29, 0.717) is 75.4 Å². The minimum Gasteiger partial charge on any atom is -0.460 e. The molecule has 0 radical (unpaired) electrons. The number of fused-ring (bicyclic) bond motifs is 3. The monoisotopic (exact) mass is 1170 g/mol. The van der Waals surface area contributed by atoms with Crippen LogP contribution in [0.1, 0.15) is 131 Å². The molecule has 0 aromatic heterocycles. The molecule has 2 saturated heterocycles. The third-order valence-corrected chi connectivity index (χ3v) is 18.6. The van der Waals surface area contributed by atoms with Gasteiger partial charge in [-0.2, -0.15) is 0 Å². The molecule has 22 heteroatoms. The summed E-state index contributed by atoms with van der Waals surface area (Å²) in [5, 5.41) is 23.7. The van der Waals surface area contributed by atoms with Crippen molar-refractivity contribution in [2.24, 2.45) is 29.6 Å². The van der Waals surface area contributed by atoms with Crippen LogP contribution in [0, 0.1) is 29.6 Å². The van der Waals surface area contributed by atoms with Gasteiger partial charge in [0.1, 0.15) is 40.0 Å². The molecule has 1 saturated carbocycles. The number of esters is 1. The number of methoxy groups -OCH3 is 3. The zero-order valence-electron chi connectivity index (χ0n) is 49.0. The number of carbonyl (C=O) groups excluding carboxylic acids is 5. The number of carbonyl (C=O) groups is 5. The zero-order valence-corrected chi connectivity index (χ0v) is 50.6. The average molecular weight is 1170 g/mol. The Kier molecular flexibility index (Phi) is 28.5. The first-order chi connectivity index (χ1) is 37.7. The van der Waals surface area contributed by atoms with Gasteiger partial charge in [0.05, 0.1) is 49.6 Å². The van der Waals surface area contributed by atoms with Crippen molar-refractivity contribution in [2.75, 3.05) is 72.1 Å². The van der Waals surface area contributed by atoms with Gasteiger partial charge in [0, 0.05) is 71.0 Å². The molecule has 20 nitrogen and oxygen atoms in total. The maximum Gasteiger partial charge on any atom is 0.329 e. The molecule has 1 aliphatic carbocycles. The number of cyclic esters (lactones) is 1. The lowest BCUT2D eigenvalue weighted by Gasteiger charge is -2.43. The number of nitrogens with one attached hydrogen (secondary N) is 1. The third-order valence-electron chi connectivity index (χ3n) is 16.2. The van der Waals surface area contributed by atoms with Crippen molar-refractivity contribution in [3.63, 3.8) is 0 Å². The summed E-state index contributed by atoms with van der Waals surface area (Å²) in [6, 6.07) is -2.13. The van der Waals surface area contributed by atoms with Gasteiger partial charge in [0.25, 0.3) is 11.7 Å². The molecule has 4 aliphatic rings. The molecule has 1 amide bonds. The first-order valence-corrected chi connectivity index (χ1v) is 32.3. The van der Waals surface area contributed by atoms with Crippen LogP contribution in [0.25, 0.3) is 0 Å². The van der Waals surface area contributed by atoms with Crippen molar-refractivity contribution in [3.8, 4) is 0 Å². The van der Waals surface area contributed by atoms with Crippen LogP contribution in [0.4, 0.5) is 0 Å². The van der Waals surface area contributed by atoms with Crippen molar-refractivity contribution < 1.29 is 84.2 Å². The Morgan fingerprint density at radius 3 is 2.26 bits per heavy atom. The van der Waals surface area contributed by atoms with E-state index in [1.807, 2.05) is 13.0 Å². The van der Waals surface area contributed by atoms with Crippen molar-refractivity contribution >= 4 is 49.1 Å². The number of piperidine rings is 1. The average Bonchev–Trinajstić information content (AvgIpc) is 3.41. The molecule has 0 aromatic rings. The van der Waals surface area contributed by atoms with Gasteiger partial charge in [0.15, 0.2) is 5.78 Å². The van der Waals surface area contributed by atoms with E-state index < -0.39 is 103 Å². The molecular formula is C58H94N2O18S2. The maximum absolute atomic E-state index is 14.6. The second kappa shape index (κ2) is 33.1. The molecule has 7 unspecified atom stereocenters. The lowest BCUT2D eigenvalue weighted by Crippen LogP contribution is -2.61. The topological polar surface area (TPSA) is 274 Å². The number of hydrogen-bond donors (Lipinski definition) is 3. The first kappa shape index (κ1) is 68.9. The quantitative estimate of drug-likeness (QED) is 0.0677. The van der Waals surface area contributed by atoms with Gasteiger partial charge in [-0.25, -0.2) is 26.4 Å². The Bertz CT molecular complexity index is 2390. The summed E-state index contributed by atoms with van der Waals surface area (Å²) >= 11 is 0. The predicted octanol–water partition coefficient (Wildman–Crippen LogP) is 5.33. The molecule has 0 spiro atoms. The number of ketones is 3. The van der Waals surface area contributed by atoms with Crippen molar-refractivity contribution in [3.05, 3.63) is 47.6 Å². The number of rotatable bonds is 18. The number of nitrogens with zero attached hydrogens (tertiary/aromatic N) is 1. The number of sulfonamides is 1. The molecule has 3 heterocycles. The fraction of sp³-hybridized carbons (Fsp3) is 0.776. The van der Waals surface area contributed by atoms with Crippen LogP contribution in [0.15, 0.2) is 47.6 Å². The number of ether oxygens (including phenoxy) is 7. The van der Waals surface area contributed by atoms with Crippen LogP contribution in [-0.2, 0) is 77.0 Å². The Morgan fingerprint density at radius 1 is 0.838 bits per heavy atom. The lowest BCUT2D eigenvalue weighted by atomic mass is 9.78. The minimum absolute atomic E-state index is 0.00569. The molecule has 80 heavy (non-hydrogen) atoms. The molecule has 3 N–H and O–H groups in total. The molecule has 2 bridgehead atoms. The summed E-state index contributed by atoms with van der Waals surface area (Å²) in [5.41, 5.74) is 0.920. The maximum atomic E-state index is 14.6. The molecule has 4 rings (SSSR count). The molecule has 3 aliphatic heterocycles. The van der Waals surface area contributed by atoms with Gasteiger partial charge in [-0.05, 0) is 115 Å². The van der Waals surface area contributed by atoms with E-state index in [-0.39, 0.29) is 99.9 Å². The third kappa shape index (κ3) is 21.3. The fourth-order valence-corrected chi connectivity index (χ4v) is 12.9. The van der Waals surface area contributed by atoms with Gasteiger partial charge in [-0.1, -0.05) is 69.7 Å². The first-order valence-electron chi connectivity index (χ1n) is 28.6. The Morgan fingerprint density at radius 2 is 1.57 bits per heavy atom. The van der Waals surface area contributed by atoms with Gasteiger partial charge < -0.3 is 48.3 Å². The van der Waals surface area contributed by atoms with Crippen molar-refractivity contribution in [2.45, 2.75) is 186 Å². The predicted molar refractivity (Wildman–Crippen MR) is 301 cm³/mol. The standard InChI is InChI=1S/C58H94N2O18S2/c1-38-19-14-12-11-13-15-20-39(2)52(62)54(74-9)53(63)42(5)33-40(3)48(61)37-50(41(4)34-44-23-25-49(51(35-44)73-8)76-27-18-31-79(10,68)69)77-57(66)47-21-16-17-26-60(47)56(65)55(64)58(67)43(6)22-24-45(78-58)36-46(38)59-80(70,71)32-30-75-29-28-72-7/h11-14,19,33,39-41,43-47,49-51,53-54,59,63,67H,15-18,20-32,34-37H2,1-10H3/b13-11-,14-12-,38-19-,42-33-/t39?,40?,41-,43+,44+,45-,46?,47?,49-,50?,51-,53?,54?,58+/m1/s1.